The van der Waals surface area contributed by atoms with Crippen LogP contribution in [0.1, 0.15) is 30.9 Å². The van der Waals surface area contributed by atoms with Crippen LogP contribution in [0.3, 0.4) is 0 Å². The number of hydrogen-bond acceptors (Lipinski definition) is 3. The summed E-state index contributed by atoms with van der Waals surface area (Å²) in [6.07, 6.45) is 4.11. The van der Waals surface area contributed by atoms with Gasteiger partial charge in [-0.25, -0.2) is 4.79 Å². The van der Waals surface area contributed by atoms with Crippen molar-refractivity contribution in [2.24, 2.45) is 0 Å². The lowest BCUT2D eigenvalue weighted by molar-refractivity contribution is -0.138. The first-order valence-corrected chi connectivity index (χ1v) is 8.59. The van der Waals surface area contributed by atoms with Crippen molar-refractivity contribution in [3.8, 4) is 0 Å². The van der Waals surface area contributed by atoms with E-state index in [4.69, 9.17) is 4.74 Å². The van der Waals surface area contributed by atoms with Gasteiger partial charge in [-0.15, -0.1) is 0 Å². The van der Waals surface area contributed by atoms with Crippen LogP contribution < -0.4 is 4.90 Å². The summed E-state index contributed by atoms with van der Waals surface area (Å²) in [6, 6.07) is 18.3. The van der Waals surface area contributed by atoms with E-state index in [2.05, 4.69) is 30.0 Å². The molecule has 128 valence electrons. The monoisotopic (exact) mass is 333 g/mol. The molecule has 0 amide bonds. The van der Waals surface area contributed by atoms with Gasteiger partial charge in [-0.3, -0.25) is 0 Å². The summed E-state index contributed by atoms with van der Waals surface area (Å²) in [5, 5.41) is 0. The Labute approximate surface area is 149 Å². The number of nitrogens with zero attached hydrogens (tertiary/aromatic N) is 1. The summed E-state index contributed by atoms with van der Waals surface area (Å²) in [6.45, 7) is 6.25. The summed E-state index contributed by atoms with van der Waals surface area (Å²) < 4.78 is 5.35. The zero-order valence-corrected chi connectivity index (χ0v) is 14.9. The van der Waals surface area contributed by atoms with Crippen molar-refractivity contribution in [3.05, 3.63) is 89.3 Å². The normalized spacial score (nSPS) is 16.9. The molecule has 0 aromatic heterocycles. The van der Waals surface area contributed by atoms with Crippen molar-refractivity contribution in [1.82, 2.24) is 0 Å². The van der Waals surface area contributed by atoms with E-state index in [1.54, 1.807) is 0 Å². The molecule has 0 spiro atoms. The van der Waals surface area contributed by atoms with Gasteiger partial charge in [0.1, 0.15) is 0 Å². The van der Waals surface area contributed by atoms with Gasteiger partial charge in [-0.2, -0.15) is 0 Å². The Morgan fingerprint density at radius 1 is 1.08 bits per heavy atom. The number of aryl methyl sites for hydroxylation is 1. The molecule has 1 heterocycles. The third-order valence-electron chi connectivity index (χ3n) is 4.42. The highest BCUT2D eigenvalue weighted by atomic mass is 16.5. The standard InChI is InChI=1S/C22H23NO2/c1-4-25-22(24)21-17(3)23(19-12-8-9-16(2)15-19)14-13-20(21)18-10-6-5-7-11-18/h5-15,20H,4H2,1-3H3. The fourth-order valence-electron chi connectivity index (χ4n) is 3.21. The van der Waals surface area contributed by atoms with E-state index in [-0.39, 0.29) is 11.9 Å². The van der Waals surface area contributed by atoms with Crippen molar-refractivity contribution in [3.63, 3.8) is 0 Å². The molecule has 3 nitrogen and oxygen atoms in total. The first-order chi connectivity index (χ1) is 12.1. The van der Waals surface area contributed by atoms with Crippen LogP contribution in [0.5, 0.6) is 0 Å². The Morgan fingerprint density at radius 2 is 1.84 bits per heavy atom. The summed E-state index contributed by atoms with van der Waals surface area (Å²) in [5.74, 6) is -0.350. The number of esters is 1. The van der Waals surface area contributed by atoms with Crippen LogP contribution in [0.25, 0.3) is 0 Å². The molecule has 0 fully saturated rings. The number of allylic oxidation sites excluding steroid dienone is 2. The SMILES string of the molecule is CCOC(=O)C1=C(C)N(c2cccc(C)c2)C=CC1c1ccccc1. The maximum absolute atomic E-state index is 12.7. The topological polar surface area (TPSA) is 29.5 Å². The van der Waals surface area contributed by atoms with Crippen molar-refractivity contribution in [2.45, 2.75) is 26.7 Å². The van der Waals surface area contributed by atoms with Crippen LogP contribution in [0.15, 0.2) is 78.1 Å². The molecule has 2 aromatic carbocycles. The fourth-order valence-corrected chi connectivity index (χ4v) is 3.21. The molecular formula is C22H23NO2. The number of ether oxygens (including phenoxy) is 1. The van der Waals surface area contributed by atoms with Crippen LogP contribution in [-0.4, -0.2) is 12.6 Å². The summed E-state index contributed by atoms with van der Waals surface area (Å²) in [7, 11) is 0. The Bertz CT molecular complexity index is 821. The molecule has 2 aromatic rings. The third kappa shape index (κ3) is 3.50. The minimum absolute atomic E-state index is 0.0960. The summed E-state index contributed by atoms with van der Waals surface area (Å²) in [5.41, 5.74) is 4.91. The maximum atomic E-state index is 12.7. The minimum atomic E-state index is -0.254. The quantitative estimate of drug-likeness (QED) is 0.742. The molecule has 1 aliphatic rings. The number of rotatable bonds is 4. The molecule has 0 bridgehead atoms. The molecule has 3 rings (SSSR count). The predicted octanol–water partition coefficient (Wildman–Crippen LogP) is 4.95. The van der Waals surface area contributed by atoms with Gasteiger partial charge >= 0.3 is 5.97 Å². The van der Waals surface area contributed by atoms with E-state index in [9.17, 15) is 4.79 Å². The Balaban J connectivity index is 2.07. The van der Waals surface area contributed by atoms with Gasteiger partial charge in [-0.05, 0) is 44.0 Å². The van der Waals surface area contributed by atoms with Crippen molar-refractivity contribution >= 4 is 11.7 Å². The molecule has 0 radical (unpaired) electrons. The Kier molecular flexibility index (Phi) is 5.03. The van der Waals surface area contributed by atoms with Gasteiger partial charge in [0.05, 0.1) is 12.2 Å². The molecule has 25 heavy (non-hydrogen) atoms. The predicted molar refractivity (Wildman–Crippen MR) is 101 cm³/mol. The van der Waals surface area contributed by atoms with Gasteiger partial charge in [0, 0.05) is 23.5 Å². The number of benzene rings is 2. The average Bonchev–Trinajstić information content (AvgIpc) is 2.62. The van der Waals surface area contributed by atoms with E-state index in [0.717, 1.165) is 16.9 Å². The molecule has 3 heteroatoms. The van der Waals surface area contributed by atoms with Crippen LogP contribution in [-0.2, 0) is 9.53 Å². The van der Waals surface area contributed by atoms with Gasteiger partial charge in [0.25, 0.3) is 0 Å². The Hall–Kier alpha value is -2.81. The fraction of sp³-hybridized carbons (Fsp3) is 0.227. The lowest BCUT2D eigenvalue weighted by Crippen LogP contribution is -2.26. The molecule has 1 unspecified atom stereocenters. The van der Waals surface area contributed by atoms with Crippen LogP contribution in [0.2, 0.25) is 0 Å². The smallest absolute Gasteiger partial charge is 0.336 e. The van der Waals surface area contributed by atoms with Gasteiger partial charge in [0.15, 0.2) is 0 Å². The van der Waals surface area contributed by atoms with E-state index >= 15 is 0 Å². The second kappa shape index (κ2) is 7.39. The second-order valence-corrected chi connectivity index (χ2v) is 6.16. The van der Waals surface area contributed by atoms with Crippen LogP contribution >= 0.6 is 0 Å². The van der Waals surface area contributed by atoms with Crippen LogP contribution in [0, 0.1) is 6.92 Å². The highest BCUT2D eigenvalue weighted by Gasteiger charge is 2.29. The van der Waals surface area contributed by atoms with E-state index in [0.29, 0.717) is 12.2 Å². The first-order valence-electron chi connectivity index (χ1n) is 8.59. The highest BCUT2D eigenvalue weighted by Crippen LogP contribution is 2.36. The number of carbonyl (C=O) groups is 1. The van der Waals surface area contributed by atoms with E-state index in [1.165, 1.54) is 5.56 Å². The van der Waals surface area contributed by atoms with E-state index in [1.807, 2.05) is 62.5 Å². The molecular weight excluding hydrogens is 310 g/mol. The average molecular weight is 333 g/mol. The third-order valence-corrected chi connectivity index (χ3v) is 4.42. The lowest BCUT2D eigenvalue weighted by atomic mass is 9.87. The number of hydrogen-bond donors (Lipinski definition) is 0. The minimum Gasteiger partial charge on any atom is -0.463 e. The van der Waals surface area contributed by atoms with Crippen molar-refractivity contribution in [1.29, 1.82) is 0 Å². The van der Waals surface area contributed by atoms with Crippen LogP contribution in [0.4, 0.5) is 5.69 Å². The summed E-state index contributed by atoms with van der Waals surface area (Å²) in [4.78, 5) is 14.7. The molecule has 1 aliphatic heterocycles. The van der Waals surface area contributed by atoms with E-state index < -0.39 is 0 Å². The van der Waals surface area contributed by atoms with Crippen molar-refractivity contribution < 1.29 is 9.53 Å². The zero-order chi connectivity index (χ0) is 17.8. The molecule has 0 saturated carbocycles. The number of carbonyl (C=O) groups excluding carboxylic acids is 1. The van der Waals surface area contributed by atoms with Gasteiger partial charge < -0.3 is 9.64 Å². The van der Waals surface area contributed by atoms with Crippen molar-refractivity contribution in [2.75, 3.05) is 11.5 Å². The molecule has 0 N–H and O–H groups in total. The highest BCUT2D eigenvalue weighted by molar-refractivity contribution is 5.93. The Morgan fingerprint density at radius 3 is 2.52 bits per heavy atom. The molecule has 0 aliphatic carbocycles. The molecule has 0 saturated heterocycles. The largest absolute Gasteiger partial charge is 0.463 e. The van der Waals surface area contributed by atoms with Gasteiger partial charge in [0.2, 0.25) is 0 Å². The zero-order valence-electron chi connectivity index (χ0n) is 14.9. The summed E-state index contributed by atoms with van der Waals surface area (Å²) >= 11 is 0. The number of anilines is 1. The lowest BCUT2D eigenvalue weighted by Gasteiger charge is -2.31. The van der Waals surface area contributed by atoms with Gasteiger partial charge in [-0.1, -0.05) is 48.5 Å². The second-order valence-electron chi connectivity index (χ2n) is 6.16. The first kappa shape index (κ1) is 17.0. The molecule has 1 atom stereocenters. The maximum Gasteiger partial charge on any atom is 0.336 e.